The summed E-state index contributed by atoms with van der Waals surface area (Å²) in [7, 11) is 0. The highest BCUT2D eigenvalue weighted by atomic mass is 35.5. The van der Waals surface area contributed by atoms with E-state index in [1.54, 1.807) is 0 Å². The molecule has 16 heavy (non-hydrogen) atoms. The lowest BCUT2D eigenvalue weighted by Gasteiger charge is -2.31. The molecule has 0 fully saturated rings. The summed E-state index contributed by atoms with van der Waals surface area (Å²) in [6, 6.07) is 4.41. The molecular weight excluding hydrogens is 220 g/mol. The van der Waals surface area contributed by atoms with Crippen LogP contribution in [0.3, 0.4) is 0 Å². The van der Waals surface area contributed by atoms with E-state index >= 15 is 0 Å². The highest BCUT2D eigenvalue weighted by Gasteiger charge is 2.24. The topological polar surface area (TPSA) is 24.9 Å². The van der Waals surface area contributed by atoms with Crippen LogP contribution < -0.4 is 5.32 Å². The lowest BCUT2D eigenvalue weighted by atomic mass is 9.85. The van der Waals surface area contributed by atoms with Gasteiger partial charge in [-0.1, -0.05) is 20.8 Å². The monoisotopic (exact) mass is 240 g/mol. The summed E-state index contributed by atoms with van der Waals surface area (Å²) in [5, 5.41) is 3.47. The largest absolute Gasteiger partial charge is 0.367 e. The van der Waals surface area contributed by atoms with Crippen LogP contribution in [0.1, 0.15) is 32.8 Å². The van der Waals surface area contributed by atoms with Crippen LogP contribution in [0, 0.1) is 12.3 Å². The van der Waals surface area contributed by atoms with Gasteiger partial charge >= 0.3 is 0 Å². The number of halogens is 1. The molecule has 1 aromatic heterocycles. The molecule has 1 rings (SSSR count). The molecule has 1 heterocycles. The average molecular weight is 241 g/mol. The zero-order valence-corrected chi connectivity index (χ0v) is 11.3. The van der Waals surface area contributed by atoms with Crippen molar-refractivity contribution in [3.8, 4) is 0 Å². The number of aryl methyl sites for hydroxylation is 1. The third kappa shape index (κ3) is 4.01. The molecule has 2 nitrogen and oxygen atoms in total. The number of nitrogens with zero attached hydrogens (tertiary/aromatic N) is 1. The zero-order valence-electron chi connectivity index (χ0n) is 10.5. The van der Waals surface area contributed by atoms with E-state index in [-0.39, 0.29) is 5.41 Å². The summed E-state index contributed by atoms with van der Waals surface area (Å²) in [4.78, 5) is 4.32. The van der Waals surface area contributed by atoms with Gasteiger partial charge in [-0.3, -0.25) is 0 Å². The second kappa shape index (κ2) is 5.53. The van der Waals surface area contributed by atoms with Crippen molar-refractivity contribution < 1.29 is 0 Å². The van der Waals surface area contributed by atoms with Crippen LogP contribution in [-0.2, 0) is 0 Å². The molecule has 0 saturated carbocycles. The van der Waals surface area contributed by atoms with Crippen LogP contribution in [0.15, 0.2) is 18.3 Å². The Balaban J connectivity index is 2.76. The first-order valence-electron chi connectivity index (χ1n) is 5.68. The number of pyridine rings is 1. The van der Waals surface area contributed by atoms with E-state index in [0.717, 1.165) is 12.2 Å². The molecule has 0 aliphatic heterocycles. The Bertz CT molecular complexity index is 331. The quantitative estimate of drug-likeness (QED) is 0.809. The molecule has 0 amide bonds. The zero-order chi connectivity index (χ0) is 12.2. The maximum absolute atomic E-state index is 5.84. The van der Waals surface area contributed by atoms with Gasteiger partial charge < -0.3 is 5.32 Å². The van der Waals surface area contributed by atoms with E-state index in [0.29, 0.717) is 11.9 Å². The highest BCUT2D eigenvalue weighted by Crippen LogP contribution is 2.25. The number of hydrogen-bond donors (Lipinski definition) is 1. The first-order valence-corrected chi connectivity index (χ1v) is 6.22. The van der Waals surface area contributed by atoms with Crippen molar-refractivity contribution in [1.29, 1.82) is 0 Å². The minimum Gasteiger partial charge on any atom is -0.367 e. The van der Waals surface area contributed by atoms with Crippen molar-refractivity contribution in [3.05, 3.63) is 23.9 Å². The van der Waals surface area contributed by atoms with Gasteiger partial charge in [0.15, 0.2) is 0 Å². The lowest BCUT2D eigenvalue weighted by molar-refractivity contribution is 0.334. The highest BCUT2D eigenvalue weighted by molar-refractivity contribution is 6.17. The van der Waals surface area contributed by atoms with Gasteiger partial charge in [0.2, 0.25) is 0 Å². The van der Waals surface area contributed by atoms with Crippen molar-refractivity contribution >= 4 is 17.4 Å². The molecule has 0 aromatic carbocycles. The van der Waals surface area contributed by atoms with Gasteiger partial charge in [0.1, 0.15) is 5.82 Å². The van der Waals surface area contributed by atoms with Crippen molar-refractivity contribution in [2.75, 3.05) is 11.2 Å². The summed E-state index contributed by atoms with van der Waals surface area (Å²) < 4.78 is 0. The van der Waals surface area contributed by atoms with Crippen LogP contribution in [-0.4, -0.2) is 16.9 Å². The predicted molar refractivity (Wildman–Crippen MR) is 71.2 cm³/mol. The van der Waals surface area contributed by atoms with E-state index in [2.05, 4.69) is 44.1 Å². The summed E-state index contributed by atoms with van der Waals surface area (Å²) in [6.07, 6.45) is 2.78. The molecule has 0 spiro atoms. The molecule has 0 bridgehead atoms. The van der Waals surface area contributed by atoms with Gasteiger partial charge in [-0.15, -0.1) is 11.6 Å². The van der Waals surface area contributed by atoms with Crippen molar-refractivity contribution in [2.24, 2.45) is 5.41 Å². The van der Waals surface area contributed by atoms with E-state index in [1.807, 2.05) is 12.3 Å². The Morgan fingerprint density at radius 2 is 2.12 bits per heavy atom. The Labute approximate surface area is 103 Å². The maximum Gasteiger partial charge on any atom is 0.126 e. The third-order valence-electron chi connectivity index (χ3n) is 2.68. The molecule has 3 heteroatoms. The predicted octanol–water partition coefficient (Wildman–Crippen LogP) is 3.85. The minimum absolute atomic E-state index is 0.181. The Kier molecular flexibility index (Phi) is 4.60. The van der Waals surface area contributed by atoms with Crippen LogP contribution in [0.2, 0.25) is 0 Å². The molecule has 90 valence electrons. The van der Waals surface area contributed by atoms with Gasteiger partial charge in [0, 0.05) is 18.1 Å². The van der Waals surface area contributed by atoms with Crippen LogP contribution in [0.25, 0.3) is 0 Å². The summed E-state index contributed by atoms with van der Waals surface area (Å²) >= 11 is 5.84. The Morgan fingerprint density at radius 3 is 2.62 bits per heavy atom. The normalized spacial score (nSPS) is 13.6. The van der Waals surface area contributed by atoms with Gasteiger partial charge in [0.05, 0.1) is 0 Å². The second-order valence-electron chi connectivity index (χ2n) is 5.26. The number of rotatable bonds is 4. The molecule has 1 N–H and O–H groups in total. The molecule has 1 aromatic rings. The number of alkyl halides is 1. The van der Waals surface area contributed by atoms with Gasteiger partial charge in [-0.2, -0.15) is 0 Å². The fraction of sp³-hybridized carbons (Fsp3) is 0.615. The molecule has 0 saturated heterocycles. The Hall–Kier alpha value is -0.760. The molecule has 0 aliphatic rings. The average Bonchev–Trinajstić information content (AvgIpc) is 2.16. The van der Waals surface area contributed by atoms with Crippen LogP contribution in [0.4, 0.5) is 5.82 Å². The number of aromatic nitrogens is 1. The van der Waals surface area contributed by atoms with Crippen molar-refractivity contribution in [1.82, 2.24) is 4.98 Å². The van der Waals surface area contributed by atoms with Crippen LogP contribution >= 0.6 is 11.6 Å². The summed E-state index contributed by atoms with van der Waals surface area (Å²) in [6.45, 7) is 8.72. The fourth-order valence-electron chi connectivity index (χ4n) is 1.62. The minimum atomic E-state index is 0.181. The molecule has 0 aliphatic carbocycles. The smallest absolute Gasteiger partial charge is 0.126 e. The third-order valence-corrected chi connectivity index (χ3v) is 2.90. The van der Waals surface area contributed by atoms with Crippen molar-refractivity contribution in [3.63, 3.8) is 0 Å². The van der Waals surface area contributed by atoms with Gasteiger partial charge in [-0.05, 0) is 36.5 Å². The molecule has 1 atom stereocenters. The number of nitrogens with one attached hydrogen (secondary N) is 1. The van der Waals surface area contributed by atoms with Crippen LogP contribution in [0.5, 0.6) is 0 Å². The summed E-state index contributed by atoms with van der Waals surface area (Å²) in [5.41, 5.74) is 1.40. The first kappa shape index (κ1) is 13.3. The van der Waals surface area contributed by atoms with E-state index < -0.39 is 0 Å². The van der Waals surface area contributed by atoms with Crippen molar-refractivity contribution in [2.45, 2.75) is 40.2 Å². The second-order valence-corrected chi connectivity index (χ2v) is 5.64. The summed E-state index contributed by atoms with van der Waals surface area (Å²) in [5.74, 6) is 1.60. The van der Waals surface area contributed by atoms with E-state index in [4.69, 9.17) is 11.6 Å². The lowest BCUT2D eigenvalue weighted by Crippen LogP contribution is -2.34. The number of hydrogen-bond acceptors (Lipinski definition) is 2. The standard InChI is InChI=1S/C13H21ClN2/c1-10-6-8-15-12(9-10)16-11(5-7-14)13(2,3)4/h6,8-9,11H,5,7H2,1-4H3,(H,15,16). The maximum atomic E-state index is 5.84. The Morgan fingerprint density at radius 1 is 1.44 bits per heavy atom. The van der Waals surface area contributed by atoms with E-state index in [1.165, 1.54) is 5.56 Å². The fourth-order valence-corrected chi connectivity index (χ4v) is 1.84. The molecule has 0 radical (unpaired) electrons. The molecular formula is C13H21ClN2. The SMILES string of the molecule is Cc1ccnc(NC(CCCl)C(C)(C)C)c1. The molecule has 1 unspecified atom stereocenters. The van der Waals surface area contributed by atoms with Gasteiger partial charge in [-0.25, -0.2) is 4.98 Å². The van der Waals surface area contributed by atoms with Gasteiger partial charge in [0.25, 0.3) is 0 Å². The van der Waals surface area contributed by atoms with E-state index in [9.17, 15) is 0 Å². The number of anilines is 1. The first-order chi connectivity index (χ1) is 7.43.